The molecule has 0 unspecified atom stereocenters. The number of nitriles is 1. The quantitative estimate of drug-likeness (QED) is 0.492. The zero-order chi connectivity index (χ0) is 10.3. The Hall–Kier alpha value is -1.22. The zero-order valence-electron chi connectivity index (χ0n) is 7.41. The third-order valence-corrected chi connectivity index (χ3v) is 2.04. The average Bonchev–Trinajstić information content (AvgIpc) is 2.10. The van der Waals surface area contributed by atoms with Crippen molar-refractivity contribution in [2.75, 3.05) is 19.3 Å². The smallest absolute Gasteiger partial charge is 0.232 e. The average molecular weight is 200 g/mol. The number of hydrogen-bond acceptors (Lipinski definition) is 4. The van der Waals surface area contributed by atoms with Crippen LogP contribution in [-0.4, -0.2) is 35.3 Å². The highest BCUT2D eigenvalue weighted by molar-refractivity contribution is 8.14. The van der Waals surface area contributed by atoms with Crippen LogP contribution in [-0.2, 0) is 4.79 Å². The summed E-state index contributed by atoms with van der Waals surface area (Å²) in [6.45, 7) is 0.424. The van der Waals surface area contributed by atoms with E-state index in [0.29, 0.717) is 13.0 Å². The number of amides is 1. The van der Waals surface area contributed by atoms with Crippen molar-refractivity contribution in [2.24, 2.45) is 5.73 Å². The molecule has 0 aromatic heterocycles. The minimum atomic E-state index is -0.115. The van der Waals surface area contributed by atoms with Gasteiger partial charge in [0.05, 0.1) is 18.2 Å². The van der Waals surface area contributed by atoms with E-state index in [4.69, 9.17) is 16.4 Å². The molecule has 0 aliphatic rings. The third kappa shape index (κ3) is 5.99. The van der Waals surface area contributed by atoms with E-state index in [0.717, 1.165) is 11.8 Å². The maximum Gasteiger partial charge on any atom is 0.232 e. The second-order valence-electron chi connectivity index (χ2n) is 2.38. The van der Waals surface area contributed by atoms with E-state index in [1.165, 1.54) is 4.90 Å². The number of nitrogens with zero attached hydrogens (tertiary/aromatic N) is 2. The van der Waals surface area contributed by atoms with Crippen LogP contribution in [0.3, 0.4) is 0 Å². The molecule has 0 bridgehead atoms. The molecule has 0 fully saturated rings. The van der Waals surface area contributed by atoms with Gasteiger partial charge in [-0.15, -0.1) is 0 Å². The van der Waals surface area contributed by atoms with Gasteiger partial charge in [0.2, 0.25) is 5.91 Å². The molecule has 0 atom stereocenters. The molecule has 13 heavy (non-hydrogen) atoms. The number of amidine groups is 1. The molecule has 0 radical (unpaired) electrons. The zero-order valence-corrected chi connectivity index (χ0v) is 8.23. The number of nitrogens with one attached hydrogen (secondary N) is 1. The summed E-state index contributed by atoms with van der Waals surface area (Å²) < 4.78 is 0. The Kier molecular flexibility index (Phi) is 5.72. The van der Waals surface area contributed by atoms with E-state index < -0.39 is 0 Å². The summed E-state index contributed by atoms with van der Waals surface area (Å²) in [6.07, 6.45) is 0.326. The van der Waals surface area contributed by atoms with Gasteiger partial charge in [0.15, 0.2) is 5.17 Å². The molecule has 72 valence electrons. The van der Waals surface area contributed by atoms with Gasteiger partial charge in [0.25, 0.3) is 0 Å². The van der Waals surface area contributed by atoms with Gasteiger partial charge in [-0.1, -0.05) is 11.8 Å². The maximum atomic E-state index is 11.2. The van der Waals surface area contributed by atoms with Crippen LogP contribution in [0.5, 0.6) is 0 Å². The molecule has 0 saturated heterocycles. The van der Waals surface area contributed by atoms with Gasteiger partial charge in [0.1, 0.15) is 0 Å². The Balaban J connectivity index is 3.70. The van der Waals surface area contributed by atoms with Crippen molar-refractivity contribution in [1.29, 1.82) is 10.7 Å². The molecule has 0 aliphatic carbocycles. The van der Waals surface area contributed by atoms with E-state index in [1.54, 1.807) is 7.05 Å². The summed E-state index contributed by atoms with van der Waals surface area (Å²) in [5.41, 5.74) is 5.06. The fourth-order valence-electron chi connectivity index (χ4n) is 0.592. The van der Waals surface area contributed by atoms with Crippen LogP contribution >= 0.6 is 11.8 Å². The van der Waals surface area contributed by atoms with E-state index in [1.807, 2.05) is 6.07 Å². The van der Waals surface area contributed by atoms with Crippen molar-refractivity contribution < 1.29 is 4.79 Å². The van der Waals surface area contributed by atoms with Gasteiger partial charge in [-0.2, -0.15) is 5.26 Å². The van der Waals surface area contributed by atoms with E-state index >= 15 is 0 Å². The van der Waals surface area contributed by atoms with Crippen LogP contribution in [0.2, 0.25) is 0 Å². The topological polar surface area (TPSA) is 94.0 Å². The van der Waals surface area contributed by atoms with Gasteiger partial charge in [-0.25, -0.2) is 0 Å². The highest BCUT2D eigenvalue weighted by atomic mass is 32.2. The largest absolute Gasteiger partial charge is 0.379 e. The first-order valence-corrected chi connectivity index (χ1v) is 4.64. The van der Waals surface area contributed by atoms with Crippen molar-refractivity contribution in [3.8, 4) is 6.07 Å². The van der Waals surface area contributed by atoms with Gasteiger partial charge >= 0.3 is 0 Å². The molecule has 1 amide bonds. The number of carbonyl (C=O) groups excluding carboxylic acids is 1. The summed E-state index contributed by atoms with van der Waals surface area (Å²) in [4.78, 5) is 12.7. The van der Waals surface area contributed by atoms with Crippen molar-refractivity contribution >= 4 is 22.8 Å². The minimum Gasteiger partial charge on any atom is -0.379 e. The molecule has 0 rings (SSSR count). The standard InChI is InChI=1S/C7H12N4OS/c1-11(4-2-3-8)6(12)5-13-7(9)10/h2,4-5H2,1H3,(H3,9,10). The molecule has 6 heteroatoms. The van der Waals surface area contributed by atoms with Gasteiger partial charge in [-0.3, -0.25) is 10.2 Å². The summed E-state index contributed by atoms with van der Waals surface area (Å²) in [5, 5.41) is 15.1. The Bertz CT molecular complexity index is 235. The molecular formula is C7H12N4OS. The Labute approximate surface area is 81.4 Å². The van der Waals surface area contributed by atoms with Crippen molar-refractivity contribution in [3.63, 3.8) is 0 Å². The van der Waals surface area contributed by atoms with E-state index in [-0.39, 0.29) is 16.8 Å². The molecule has 0 spiro atoms. The monoisotopic (exact) mass is 200 g/mol. The van der Waals surface area contributed by atoms with Crippen LogP contribution in [0.4, 0.5) is 0 Å². The minimum absolute atomic E-state index is 0.0676. The van der Waals surface area contributed by atoms with Gasteiger partial charge in [-0.05, 0) is 0 Å². The summed E-state index contributed by atoms with van der Waals surface area (Å²) in [5.74, 6) is 0.0486. The molecule has 5 nitrogen and oxygen atoms in total. The first-order chi connectivity index (χ1) is 6.07. The number of hydrogen-bond donors (Lipinski definition) is 2. The highest BCUT2D eigenvalue weighted by Gasteiger charge is 2.08. The maximum absolute atomic E-state index is 11.2. The first-order valence-electron chi connectivity index (χ1n) is 3.65. The molecule has 0 aliphatic heterocycles. The normalized spacial score (nSPS) is 8.92. The van der Waals surface area contributed by atoms with Crippen LogP contribution in [0, 0.1) is 16.7 Å². The Morgan fingerprint density at radius 1 is 1.77 bits per heavy atom. The van der Waals surface area contributed by atoms with Gasteiger partial charge in [0, 0.05) is 13.6 Å². The second-order valence-corrected chi connectivity index (χ2v) is 3.39. The number of rotatable bonds is 4. The Morgan fingerprint density at radius 2 is 2.38 bits per heavy atom. The van der Waals surface area contributed by atoms with Crippen molar-refractivity contribution in [3.05, 3.63) is 0 Å². The van der Waals surface area contributed by atoms with E-state index in [9.17, 15) is 4.79 Å². The lowest BCUT2D eigenvalue weighted by Gasteiger charge is -2.14. The highest BCUT2D eigenvalue weighted by Crippen LogP contribution is 2.00. The lowest BCUT2D eigenvalue weighted by Crippen LogP contribution is -2.29. The molecule has 0 saturated carbocycles. The number of thioether (sulfide) groups is 1. The van der Waals surface area contributed by atoms with Crippen molar-refractivity contribution in [2.45, 2.75) is 6.42 Å². The predicted octanol–water partition coefficient (Wildman–Crippen LogP) is -0.0148. The predicted molar refractivity (Wildman–Crippen MR) is 52.2 cm³/mol. The summed E-state index contributed by atoms with van der Waals surface area (Å²) in [7, 11) is 1.63. The van der Waals surface area contributed by atoms with Crippen LogP contribution in [0.1, 0.15) is 6.42 Å². The van der Waals surface area contributed by atoms with Crippen LogP contribution in [0.25, 0.3) is 0 Å². The lowest BCUT2D eigenvalue weighted by atomic mass is 10.4. The first kappa shape index (κ1) is 11.8. The lowest BCUT2D eigenvalue weighted by molar-refractivity contribution is -0.127. The fraction of sp³-hybridized carbons (Fsp3) is 0.571. The Morgan fingerprint density at radius 3 is 2.85 bits per heavy atom. The molecule has 0 heterocycles. The number of nitrogens with two attached hydrogens (primary N) is 1. The number of carbonyl (C=O) groups is 1. The second kappa shape index (κ2) is 6.31. The van der Waals surface area contributed by atoms with Crippen LogP contribution < -0.4 is 5.73 Å². The summed E-state index contributed by atoms with van der Waals surface area (Å²) in [6, 6.07) is 1.95. The molecule has 0 aromatic rings. The molecule has 3 N–H and O–H groups in total. The molecule has 0 aromatic carbocycles. The van der Waals surface area contributed by atoms with E-state index in [2.05, 4.69) is 0 Å². The molecular weight excluding hydrogens is 188 g/mol. The third-order valence-electron chi connectivity index (χ3n) is 1.34. The SMILES string of the molecule is CN(CCC#N)C(=O)CSC(=N)N. The van der Waals surface area contributed by atoms with Gasteiger partial charge < -0.3 is 10.6 Å². The fourth-order valence-corrected chi connectivity index (χ4v) is 1.09. The summed E-state index contributed by atoms with van der Waals surface area (Å²) >= 11 is 0.988. The van der Waals surface area contributed by atoms with Crippen molar-refractivity contribution in [1.82, 2.24) is 4.90 Å². The van der Waals surface area contributed by atoms with Crippen LogP contribution in [0.15, 0.2) is 0 Å².